The summed E-state index contributed by atoms with van der Waals surface area (Å²) in [5, 5.41) is 11.6. The van der Waals surface area contributed by atoms with Crippen molar-refractivity contribution in [3.63, 3.8) is 0 Å². The smallest absolute Gasteiger partial charge is 0.321 e. The molecule has 1 amide bonds. The van der Waals surface area contributed by atoms with Crippen LogP contribution < -0.4 is 11.1 Å². The minimum Gasteiger partial charge on any atom is -0.480 e. The van der Waals surface area contributed by atoms with Gasteiger partial charge in [-0.3, -0.25) is 9.59 Å². The molecule has 0 aromatic heterocycles. The number of anilines is 1. The van der Waals surface area contributed by atoms with Crippen molar-refractivity contribution in [3.8, 4) is 0 Å². The van der Waals surface area contributed by atoms with Crippen LogP contribution in [0.1, 0.15) is 0 Å². The summed E-state index contributed by atoms with van der Waals surface area (Å²) in [5.41, 5.74) is 5.83. The Labute approximate surface area is 128 Å². The van der Waals surface area contributed by atoms with Crippen LogP contribution in [0, 0.1) is 0 Å². The van der Waals surface area contributed by atoms with Gasteiger partial charge in [0.2, 0.25) is 5.91 Å². The van der Waals surface area contributed by atoms with Crippen LogP contribution in [0.4, 0.5) is 5.69 Å². The second kappa shape index (κ2) is 7.74. The van der Waals surface area contributed by atoms with Crippen molar-refractivity contribution in [1.29, 1.82) is 0 Å². The SMILES string of the molecule is NC(CSCC(=O)Nc1ccc(Br)cc1Cl)C(=O)O. The van der Waals surface area contributed by atoms with Crippen LogP contribution in [0.5, 0.6) is 0 Å². The summed E-state index contributed by atoms with van der Waals surface area (Å²) in [6.45, 7) is 0. The molecule has 104 valence electrons. The Morgan fingerprint density at radius 2 is 2.21 bits per heavy atom. The number of carboxylic acid groups (broad SMARTS) is 1. The summed E-state index contributed by atoms with van der Waals surface area (Å²) in [7, 11) is 0. The third kappa shape index (κ3) is 5.82. The fraction of sp³-hybridized carbons (Fsp3) is 0.273. The highest BCUT2D eigenvalue weighted by Gasteiger charge is 2.12. The van der Waals surface area contributed by atoms with E-state index in [1.807, 2.05) is 0 Å². The molecule has 1 aromatic rings. The zero-order chi connectivity index (χ0) is 14.4. The maximum atomic E-state index is 11.6. The van der Waals surface area contributed by atoms with Gasteiger partial charge in [0, 0.05) is 10.2 Å². The lowest BCUT2D eigenvalue weighted by Gasteiger charge is -2.08. The van der Waals surface area contributed by atoms with Crippen molar-refractivity contribution in [2.24, 2.45) is 5.73 Å². The Hall–Kier alpha value is -0.760. The van der Waals surface area contributed by atoms with E-state index in [4.69, 9.17) is 22.4 Å². The summed E-state index contributed by atoms with van der Waals surface area (Å²) in [6.07, 6.45) is 0. The number of nitrogens with one attached hydrogen (secondary N) is 1. The topological polar surface area (TPSA) is 92.4 Å². The zero-order valence-corrected chi connectivity index (χ0v) is 12.9. The number of carboxylic acids is 1. The van der Waals surface area contributed by atoms with Gasteiger partial charge in [-0.1, -0.05) is 27.5 Å². The highest BCUT2D eigenvalue weighted by atomic mass is 79.9. The van der Waals surface area contributed by atoms with Crippen LogP contribution >= 0.6 is 39.3 Å². The molecule has 0 aliphatic carbocycles. The van der Waals surface area contributed by atoms with Gasteiger partial charge < -0.3 is 16.2 Å². The number of aliphatic carboxylic acids is 1. The van der Waals surface area contributed by atoms with Gasteiger partial charge in [-0.25, -0.2) is 0 Å². The number of rotatable bonds is 6. The van der Waals surface area contributed by atoms with E-state index in [1.54, 1.807) is 18.2 Å². The van der Waals surface area contributed by atoms with E-state index in [-0.39, 0.29) is 17.4 Å². The Bertz CT molecular complexity index is 487. The second-order valence-corrected chi connectivity index (χ2v) is 5.99. The zero-order valence-electron chi connectivity index (χ0n) is 9.73. The molecule has 19 heavy (non-hydrogen) atoms. The molecule has 8 heteroatoms. The summed E-state index contributed by atoms with van der Waals surface area (Å²) >= 11 is 10.4. The van der Waals surface area contributed by atoms with Gasteiger partial charge >= 0.3 is 5.97 Å². The molecule has 0 saturated heterocycles. The van der Waals surface area contributed by atoms with Gasteiger partial charge in [-0.15, -0.1) is 11.8 Å². The summed E-state index contributed by atoms with van der Waals surface area (Å²) in [5.74, 6) is -1.04. The maximum absolute atomic E-state index is 11.6. The fourth-order valence-electron chi connectivity index (χ4n) is 1.13. The Morgan fingerprint density at radius 3 is 2.79 bits per heavy atom. The first-order chi connectivity index (χ1) is 8.90. The van der Waals surface area contributed by atoms with Crippen LogP contribution in [0.15, 0.2) is 22.7 Å². The number of nitrogens with two attached hydrogens (primary N) is 1. The van der Waals surface area contributed by atoms with Crippen LogP contribution in [0.25, 0.3) is 0 Å². The monoisotopic (exact) mass is 366 g/mol. The average Bonchev–Trinajstić information content (AvgIpc) is 2.32. The predicted octanol–water partition coefficient (Wildman–Crippen LogP) is 2.19. The van der Waals surface area contributed by atoms with E-state index in [0.717, 1.165) is 16.2 Å². The Morgan fingerprint density at radius 1 is 1.53 bits per heavy atom. The summed E-state index contributed by atoms with van der Waals surface area (Å²) < 4.78 is 0.817. The first-order valence-corrected chi connectivity index (χ1v) is 7.53. The average molecular weight is 368 g/mol. The molecule has 4 N–H and O–H groups in total. The van der Waals surface area contributed by atoms with E-state index < -0.39 is 12.0 Å². The van der Waals surface area contributed by atoms with Crippen molar-refractivity contribution in [2.45, 2.75) is 6.04 Å². The third-order valence-electron chi connectivity index (χ3n) is 2.05. The molecule has 0 fully saturated rings. The summed E-state index contributed by atoms with van der Waals surface area (Å²) in [4.78, 5) is 22.1. The highest BCUT2D eigenvalue weighted by molar-refractivity contribution is 9.10. The van der Waals surface area contributed by atoms with Crippen LogP contribution in [-0.2, 0) is 9.59 Å². The van der Waals surface area contributed by atoms with Gasteiger partial charge in [0.15, 0.2) is 0 Å². The lowest BCUT2D eigenvalue weighted by molar-refractivity contribution is -0.137. The normalized spacial score (nSPS) is 11.9. The van der Waals surface area contributed by atoms with Gasteiger partial charge in [0.25, 0.3) is 0 Å². The molecule has 0 bridgehead atoms. The predicted molar refractivity (Wildman–Crippen MR) is 80.7 cm³/mol. The first kappa shape index (κ1) is 16.3. The second-order valence-electron chi connectivity index (χ2n) is 3.63. The number of halogens is 2. The molecule has 1 unspecified atom stereocenters. The number of benzene rings is 1. The van der Waals surface area contributed by atoms with Gasteiger partial charge in [0.05, 0.1) is 16.5 Å². The fourth-order valence-corrected chi connectivity index (χ4v) is 2.62. The van der Waals surface area contributed by atoms with Crippen molar-refractivity contribution in [1.82, 2.24) is 0 Å². The number of amides is 1. The molecular weight excluding hydrogens is 356 g/mol. The first-order valence-electron chi connectivity index (χ1n) is 5.21. The lowest BCUT2D eigenvalue weighted by atomic mass is 10.3. The van der Waals surface area contributed by atoms with Crippen molar-refractivity contribution in [2.75, 3.05) is 16.8 Å². The van der Waals surface area contributed by atoms with Crippen molar-refractivity contribution >= 4 is 56.9 Å². The van der Waals surface area contributed by atoms with E-state index in [0.29, 0.717) is 10.7 Å². The largest absolute Gasteiger partial charge is 0.480 e. The Kier molecular flexibility index (Phi) is 6.64. The maximum Gasteiger partial charge on any atom is 0.321 e. The van der Waals surface area contributed by atoms with Crippen LogP contribution in [-0.4, -0.2) is 34.5 Å². The third-order valence-corrected chi connectivity index (χ3v) is 3.92. The van der Waals surface area contributed by atoms with Gasteiger partial charge in [-0.05, 0) is 18.2 Å². The number of hydrogen-bond acceptors (Lipinski definition) is 4. The molecule has 5 nitrogen and oxygen atoms in total. The van der Waals surface area contributed by atoms with E-state index in [1.165, 1.54) is 0 Å². The molecule has 0 aliphatic heterocycles. The molecule has 1 aromatic carbocycles. The van der Waals surface area contributed by atoms with Crippen LogP contribution in [0.2, 0.25) is 5.02 Å². The molecule has 0 heterocycles. The number of carbonyl (C=O) groups excluding carboxylic acids is 1. The number of thioether (sulfide) groups is 1. The molecule has 0 saturated carbocycles. The molecule has 0 aliphatic rings. The standard InChI is InChI=1S/C11H12BrClN2O3S/c12-6-1-2-9(7(13)3-6)15-10(16)5-19-4-8(14)11(17)18/h1-3,8H,4-5,14H2,(H,15,16)(H,17,18). The number of hydrogen-bond donors (Lipinski definition) is 3. The Balaban J connectivity index is 2.41. The van der Waals surface area contributed by atoms with Gasteiger partial charge in [0.1, 0.15) is 6.04 Å². The lowest BCUT2D eigenvalue weighted by Crippen LogP contribution is -2.33. The van der Waals surface area contributed by atoms with Crippen molar-refractivity contribution in [3.05, 3.63) is 27.7 Å². The quantitative estimate of drug-likeness (QED) is 0.717. The van der Waals surface area contributed by atoms with Gasteiger partial charge in [-0.2, -0.15) is 0 Å². The molecule has 1 atom stereocenters. The molecule has 1 rings (SSSR count). The van der Waals surface area contributed by atoms with Crippen molar-refractivity contribution < 1.29 is 14.7 Å². The van der Waals surface area contributed by atoms with E-state index >= 15 is 0 Å². The molecule has 0 spiro atoms. The molecular formula is C11H12BrClN2O3S. The number of carbonyl (C=O) groups is 2. The van der Waals surface area contributed by atoms with E-state index in [9.17, 15) is 9.59 Å². The minimum atomic E-state index is -1.08. The van der Waals surface area contributed by atoms with E-state index in [2.05, 4.69) is 21.2 Å². The minimum absolute atomic E-state index is 0.118. The highest BCUT2D eigenvalue weighted by Crippen LogP contribution is 2.25. The summed E-state index contributed by atoms with van der Waals surface area (Å²) in [6, 6.07) is 4.14. The molecule has 0 radical (unpaired) electrons. The van der Waals surface area contributed by atoms with Crippen LogP contribution in [0.3, 0.4) is 0 Å².